The largest absolute Gasteiger partial charge is 0.360 e. The molecule has 1 saturated heterocycles. The molecule has 1 aliphatic rings. The lowest BCUT2D eigenvalue weighted by atomic mass is 10.2. The number of pyridine rings is 1. The molecular formula is C15H21N5O. The maximum atomic E-state index is 5.37. The van der Waals surface area contributed by atoms with E-state index in [2.05, 4.69) is 31.3 Å². The molecule has 0 radical (unpaired) electrons. The van der Waals surface area contributed by atoms with Crippen molar-refractivity contribution in [3.8, 4) is 0 Å². The number of piperazine rings is 1. The van der Waals surface area contributed by atoms with Crippen LogP contribution < -0.4 is 10.2 Å². The molecule has 0 bridgehead atoms. The van der Waals surface area contributed by atoms with Crippen LogP contribution in [0, 0.1) is 0 Å². The summed E-state index contributed by atoms with van der Waals surface area (Å²) in [6, 6.07) is 8.08. The van der Waals surface area contributed by atoms with E-state index in [-0.39, 0.29) is 0 Å². The monoisotopic (exact) mass is 287 g/mol. The van der Waals surface area contributed by atoms with Gasteiger partial charge in [-0.1, -0.05) is 11.2 Å². The molecule has 0 spiro atoms. The second-order valence-corrected chi connectivity index (χ2v) is 5.27. The second kappa shape index (κ2) is 6.69. The summed E-state index contributed by atoms with van der Waals surface area (Å²) in [6.07, 6.45) is 1.85. The Hall–Kier alpha value is -1.92. The smallest absolute Gasteiger partial charge is 0.151 e. The number of anilines is 1. The third-order valence-electron chi connectivity index (χ3n) is 3.69. The molecule has 3 heterocycles. The maximum Gasteiger partial charge on any atom is 0.151 e. The molecule has 6 nitrogen and oxygen atoms in total. The normalized spacial score (nSPS) is 16.3. The first-order chi connectivity index (χ1) is 10.3. The second-order valence-electron chi connectivity index (χ2n) is 5.27. The van der Waals surface area contributed by atoms with Crippen molar-refractivity contribution >= 4 is 5.82 Å². The van der Waals surface area contributed by atoms with Gasteiger partial charge in [0.05, 0.1) is 12.2 Å². The molecule has 2 aromatic rings. The van der Waals surface area contributed by atoms with Gasteiger partial charge < -0.3 is 14.7 Å². The predicted octanol–water partition coefficient (Wildman–Crippen LogP) is 1.11. The van der Waals surface area contributed by atoms with Crippen molar-refractivity contribution in [1.29, 1.82) is 0 Å². The number of aromatic nitrogens is 2. The molecule has 0 aromatic carbocycles. The van der Waals surface area contributed by atoms with Crippen LogP contribution in [0.2, 0.25) is 0 Å². The fraction of sp³-hybridized carbons (Fsp3) is 0.467. The average Bonchev–Trinajstić information content (AvgIpc) is 2.97. The van der Waals surface area contributed by atoms with Crippen LogP contribution in [0.25, 0.3) is 0 Å². The molecule has 21 heavy (non-hydrogen) atoms. The Morgan fingerprint density at radius 1 is 1.24 bits per heavy atom. The minimum atomic E-state index is 0.747. The van der Waals surface area contributed by atoms with Gasteiger partial charge in [0.15, 0.2) is 5.76 Å². The van der Waals surface area contributed by atoms with Crippen LogP contribution >= 0.6 is 0 Å². The van der Waals surface area contributed by atoms with Crippen LogP contribution in [0.4, 0.5) is 5.82 Å². The van der Waals surface area contributed by atoms with Crippen molar-refractivity contribution < 1.29 is 4.52 Å². The Morgan fingerprint density at radius 3 is 2.81 bits per heavy atom. The molecule has 6 heteroatoms. The standard InChI is InChI=1S/C15H21N5O/c1-16-11-13-10-14(21-18-13)12-19-6-8-20(9-7-19)15-4-2-3-5-17-15/h2-5,10,16H,6-9,11-12H2,1H3. The lowest BCUT2D eigenvalue weighted by Crippen LogP contribution is -2.46. The molecule has 1 N–H and O–H groups in total. The Morgan fingerprint density at radius 2 is 2.10 bits per heavy atom. The zero-order chi connectivity index (χ0) is 14.5. The minimum absolute atomic E-state index is 0.747. The molecule has 1 aliphatic heterocycles. The number of rotatable bonds is 5. The molecule has 112 valence electrons. The first-order valence-corrected chi connectivity index (χ1v) is 7.32. The van der Waals surface area contributed by atoms with Crippen LogP contribution in [0.15, 0.2) is 35.0 Å². The fourth-order valence-corrected chi connectivity index (χ4v) is 2.59. The van der Waals surface area contributed by atoms with Gasteiger partial charge in [-0.25, -0.2) is 4.98 Å². The summed E-state index contributed by atoms with van der Waals surface area (Å²) in [5, 5.41) is 7.12. The molecule has 1 fully saturated rings. The van der Waals surface area contributed by atoms with E-state index in [0.29, 0.717) is 0 Å². The predicted molar refractivity (Wildman–Crippen MR) is 81.0 cm³/mol. The number of hydrogen-bond acceptors (Lipinski definition) is 6. The van der Waals surface area contributed by atoms with Crippen molar-refractivity contribution in [3.63, 3.8) is 0 Å². The van der Waals surface area contributed by atoms with Crippen LogP contribution in [0.5, 0.6) is 0 Å². The van der Waals surface area contributed by atoms with E-state index in [4.69, 9.17) is 4.52 Å². The van der Waals surface area contributed by atoms with Gasteiger partial charge in [0, 0.05) is 45.0 Å². The summed E-state index contributed by atoms with van der Waals surface area (Å²) >= 11 is 0. The average molecular weight is 287 g/mol. The third kappa shape index (κ3) is 3.59. The van der Waals surface area contributed by atoms with Gasteiger partial charge in [0.1, 0.15) is 5.82 Å². The van der Waals surface area contributed by atoms with E-state index in [1.807, 2.05) is 31.4 Å². The van der Waals surface area contributed by atoms with E-state index in [1.54, 1.807) is 0 Å². The van der Waals surface area contributed by atoms with E-state index in [0.717, 1.165) is 56.5 Å². The highest BCUT2D eigenvalue weighted by Gasteiger charge is 2.19. The fourth-order valence-electron chi connectivity index (χ4n) is 2.59. The van der Waals surface area contributed by atoms with E-state index >= 15 is 0 Å². The lowest BCUT2D eigenvalue weighted by Gasteiger charge is -2.34. The zero-order valence-corrected chi connectivity index (χ0v) is 12.3. The van der Waals surface area contributed by atoms with Crippen molar-refractivity contribution in [2.75, 3.05) is 38.1 Å². The molecule has 0 atom stereocenters. The molecule has 0 unspecified atom stereocenters. The summed E-state index contributed by atoms with van der Waals surface area (Å²) in [5.41, 5.74) is 0.958. The number of nitrogens with one attached hydrogen (secondary N) is 1. The van der Waals surface area contributed by atoms with E-state index in [9.17, 15) is 0 Å². The quantitative estimate of drug-likeness (QED) is 0.889. The van der Waals surface area contributed by atoms with Gasteiger partial charge >= 0.3 is 0 Å². The zero-order valence-electron chi connectivity index (χ0n) is 12.3. The van der Waals surface area contributed by atoms with Crippen LogP contribution in [0.3, 0.4) is 0 Å². The van der Waals surface area contributed by atoms with Gasteiger partial charge in [-0.2, -0.15) is 0 Å². The van der Waals surface area contributed by atoms with Crippen molar-refractivity contribution in [2.45, 2.75) is 13.1 Å². The highest BCUT2D eigenvalue weighted by Crippen LogP contribution is 2.14. The topological polar surface area (TPSA) is 57.4 Å². The Balaban J connectivity index is 1.51. The molecule has 0 saturated carbocycles. The Kier molecular flexibility index (Phi) is 4.47. The summed E-state index contributed by atoms with van der Waals surface area (Å²) < 4.78 is 5.37. The minimum Gasteiger partial charge on any atom is -0.360 e. The molecule has 0 aliphatic carbocycles. The number of hydrogen-bond donors (Lipinski definition) is 1. The molecule has 0 amide bonds. The summed E-state index contributed by atoms with van der Waals surface area (Å²) in [5.74, 6) is 2.00. The third-order valence-corrected chi connectivity index (χ3v) is 3.69. The van der Waals surface area contributed by atoms with Gasteiger partial charge in [-0.15, -0.1) is 0 Å². The van der Waals surface area contributed by atoms with Crippen molar-refractivity contribution in [2.24, 2.45) is 0 Å². The first-order valence-electron chi connectivity index (χ1n) is 7.32. The van der Waals surface area contributed by atoms with Gasteiger partial charge in [-0.3, -0.25) is 4.90 Å². The van der Waals surface area contributed by atoms with Crippen LogP contribution in [-0.2, 0) is 13.1 Å². The van der Waals surface area contributed by atoms with Crippen molar-refractivity contribution in [1.82, 2.24) is 20.4 Å². The summed E-state index contributed by atoms with van der Waals surface area (Å²) in [4.78, 5) is 9.12. The van der Waals surface area contributed by atoms with Gasteiger partial charge in [0.25, 0.3) is 0 Å². The first kappa shape index (κ1) is 14.0. The number of nitrogens with zero attached hydrogens (tertiary/aromatic N) is 4. The molecule has 3 rings (SSSR count). The van der Waals surface area contributed by atoms with Crippen LogP contribution in [0.1, 0.15) is 11.5 Å². The Bertz CT molecular complexity index is 548. The maximum absolute atomic E-state index is 5.37. The SMILES string of the molecule is CNCc1cc(CN2CCN(c3ccccn3)CC2)on1. The van der Waals surface area contributed by atoms with E-state index in [1.165, 1.54) is 0 Å². The van der Waals surface area contributed by atoms with Gasteiger partial charge in [0.2, 0.25) is 0 Å². The van der Waals surface area contributed by atoms with Gasteiger partial charge in [-0.05, 0) is 19.2 Å². The van der Waals surface area contributed by atoms with Crippen molar-refractivity contribution in [3.05, 3.63) is 41.9 Å². The highest BCUT2D eigenvalue weighted by molar-refractivity contribution is 5.38. The lowest BCUT2D eigenvalue weighted by molar-refractivity contribution is 0.219. The molecular weight excluding hydrogens is 266 g/mol. The summed E-state index contributed by atoms with van der Waals surface area (Å²) in [6.45, 7) is 5.59. The van der Waals surface area contributed by atoms with E-state index < -0.39 is 0 Å². The Labute approximate surface area is 124 Å². The van der Waals surface area contributed by atoms with Crippen LogP contribution in [-0.4, -0.2) is 48.3 Å². The summed E-state index contributed by atoms with van der Waals surface area (Å²) in [7, 11) is 1.91. The highest BCUT2D eigenvalue weighted by atomic mass is 16.5. The molecule has 2 aromatic heterocycles.